The normalized spacial score (nSPS) is 10.8. The van der Waals surface area contributed by atoms with Crippen LogP contribution in [0.2, 0.25) is 0 Å². The van der Waals surface area contributed by atoms with Crippen LogP contribution in [-0.2, 0) is 11.3 Å². The predicted molar refractivity (Wildman–Crippen MR) is 63.5 cm³/mol. The van der Waals surface area contributed by atoms with E-state index in [-0.39, 0.29) is 12.4 Å². The van der Waals surface area contributed by atoms with Crippen molar-refractivity contribution in [2.24, 2.45) is 0 Å². The van der Waals surface area contributed by atoms with E-state index in [9.17, 15) is 14.0 Å². The molecule has 0 aromatic heterocycles. The van der Waals surface area contributed by atoms with Crippen molar-refractivity contribution in [3.63, 3.8) is 0 Å². The molecule has 18 heavy (non-hydrogen) atoms. The zero-order chi connectivity index (χ0) is 13.8. The average molecular weight is 254 g/mol. The van der Waals surface area contributed by atoms with Crippen molar-refractivity contribution in [2.45, 2.75) is 25.9 Å². The van der Waals surface area contributed by atoms with Crippen LogP contribution in [0.5, 0.6) is 0 Å². The lowest BCUT2D eigenvalue weighted by Gasteiger charge is -2.21. The standard InChI is InChI=1S/C12H15FN2O3/c1-12(2,10(16)17)15-11(18)14-7-8-3-5-9(13)6-4-8/h3-6H,7H2,1-2H3,(H,16,17)(H2,14,15,18). The van der Waals surface area contributed by atoms with Crippen molar-refractivity contribution in [1.29, 1.82) is 0 Å². The molecule has 0 saturated heterocycles. The highest BCUT2D eigenvalue weighted by atomic mass is 19.1. The molecule has 0 atom stereocenters. The Balaban J connectivity index is 2.47. The van der Waals surface area contributed by atoms with Gasteiger partial charge in [0.15, 0.2) is 0 Å². The summed E-state index contributed by atoms with van der Waals surface area (Å²) < 4.78 is 12.6. The molecule has 3 N–H and O–H groups in total. The molecule has 0 bridgehead atoms. The Labute approximate surface area is 104 Å². The van der Waals surface area contributed by atoms with Crippen molar-refractivity contribution in [3.8, 4) is 0 Å². The summed E-state index contributed by atoms with van der Waals surface area (Å²) in [6.45, 7) is 2.96. The predicted octanol–water partition coefficient (Wildman–Crippen LogP) is 1.49. The quantitative estimate of drug-likeness (QED) is 0.761. The molecule has 0 unspecified atom stereocenters. The summed E-state index contributed by atoms with van der Waals surface area (Å²) in [5.74, 6) is -1.48. The van der Waals surface area contributed by atoms with E-state index in [0.29, 0.717) is 0 Å². The average Bonchev–Trinajstić information content (AvgIpc) is 2.27. The van der Waals surface area contributed by atoms with Gasteiger partial charge in [-0.15, -0.1) is 0 Å². The SMILES string of the molecule is CC(C)(NC(=O)NCc1ccc(F)cc1)C(=O)O. The second kappa shape index (κ2) is 5.48. The molecule has 1 rings (SSSR count). The van der Waals surface area contributed by atoms with Crippen molar-refractivity contribution in [1.82, 2.24) is 10.6 Å². The number of aliphatic carboxylic acids is 1. The Hall–Kier alpha value is -2.11. The van der Waals surface area contributed by atoms with Crippen LogP contribution in [0, 0.1) is 5.82 Å². The van der Waals surface area contributed by atoms with Crippen molar-refractivity contribution in [2.75, 3.05) is 0 Å². The zero-order valence-corrected chi connectivity index (χ0v) is 10.2. The van der Waals surface area contributed by atoms with E-state index in [1.807, 2.05) is 0 Å². The van der Waals surface area contributed by atoms with Gasteiger partial charge in [0, 0.05) is 6.54 Å². The fraction of sp³-hybridized carbons (Fsp3) is 0.333. The number of carboxylic acids is 1. The third-order valence-corrected chi connectivity index (χ3v) is 2.33. The largest absolute Gasteiger partial charge is 0.480 e. The molecule has 0 fully saturated rings. The van der Waals surface area contributed by atoms with E-state index >= 15 is 0 Å². The van der Waals surface area contributed by atoms with Gasteiger partial charge in [-0.3, -0.25) is 0 Å². The van der Waals surface area contributed by atoms with Gasteiger partial charge in [0.1, 0.15) is 11.4 Å². The minimum Gasteiger partial charge on any atom is -0.480 e. The zero-order valence-electron chi connectivity index (χ0n) is 10.2. The smallest absolute Gasteiger partial charge is 0.328 e. The van der Waals surface area contributed by atoms with Gasteiger partial charge in [-0.25, -0.2) is 14.0 Å². The Bertz CT molecular complexity index is 443. The highest BCUT2D eigenvalue weighted by Crippen LogP contribution is 2.03. The maximum atomic E-state index is 12.6. The lowest BCUT2D eigenvalue weighted by Crippen LogP contribution is -2.52. The third kappa shape index (κ3) is 4.04. The van der Waals surface area contributed by atoms with Gasteiger partial charge in [0.2, 0.25) is 0 Å². The molecule has 1 aromatic rings. The minimum absolute atomic E-state index is 0.196. The molecule has 0 radical (unpaired) electrons. The molecule has 6 heteroatoms. The number of carbonyl (C=O) groups is 2. The Morgan fingerprint density at radius 3 is 2.33 bits per heavy atom. The summed E-state index contributed by atoms with van der Waals surface area (Å²) in [5, 5.41) is 13.6. The van der Waals surface area contributed by atoms with Crippen LogP contribution in [0.1, 0.15) is 19.4 Å². The van der Waals surface area contributed by atoms with Crippen molar-refractivity contribution >= 4 is 12.0 Å². The first kappa shape index (κ1) is 14.0. The van der Waals surface area contributed by atoms with Gasteiger partial charge in [-0.05, 0) is 31.5 Å². The number of rotatable bonds is 4. The lowest BCUT2D eigenvalue weighted by molar-refractivity contribution is -0.142. The van der Waals surface area contributed by atoms with Gasteiger partial charge < -0.3 is 15.7 Å². The van der Waals surface area contributed by atoms with Crippen LogP contribution in [0.4, 0.5) is 9.18 Å². The Morgan fingerprint density at radius 1 is 1.28 bits per heavy atom. The van der Waals surface area contributed by atoms with Crippen molar-refractivity contribution in [3.05, 3.63) is 35.6 Å². The molecule has 0 spiro atoms. The third-order valence-electron chi connectivity index (χ3n) is 2.33. The number of carboxylic acid groups (broad SMARTS) is 1. The van der Waals surface area contributed by atoms with E-state index in [1.165, 1.54) is 38.1 Å². The molecule has 5 nitrogen and oxygen atoms in total. The summed E-state index contributed by atoms with van der Waals surface area (Å²) in [4.78, 5) is 22.2. The summed E-state index contributed by atoms with van der Waals surface area (Å²) in [7, 11) is 0. The summed E-state index contributed by atoms with van der Waals surface area (Å²) in [6, 6.07) is 5.06. The highest BCUT2D eigenvalue weighted by molar-refractivity contribution is 5.85. The first-order chi connectivity index (χ1) is 8.31. The fourth-order valence-corrected chi connectivity index (χ4v) is 1.17. The van der Waals surface area contributed by atoms with Crippen molar-refractivity contribution < 1.29 is 19.1 Å². The highest BCUT2D eigenvalue weighted by Gasteiger charge is 2.28. The molecule has 0 heterocycles. The van der Waals surface area contributed by atoms with Gasteiger partial charge in [-0.1, -0.05) is 12.1 Å². The van der Waals surface area contributed by atoms with Crippen LogP contribution in [0.3, 0.4) is 0 Å². The first-order valence-electron chi connectivity index (χ1n) is 5.35. The topological polar surface area (TPSA) is 78.4 Å². The summed E-state index contributed by atoms with van der Waals surface area (Å²) in [6.07, 6.45) is 0. The maximum Gasteiger partial charge on any atom is 0.328 e. The second-order valence-corrected chi connectivity index (χ2v) is 4.36. The fourth-order valence-electron chi connectivity index (χ4n) is 1.17. The molecule has 0 saturated carbocycles. The Morgan fingerprint density at radius 2 is 1.83 bits per heavy atom. The molecule has 2 amide bonds. The number of urea groups is 1. The van der Waals surface area contributed by atoms with E-state index in [1.54, 1.807) is 0 Å². The maximum absolute atomic E-state index is 12.6. The van der Waals surface area contributed by atoms with E-state index < -0.39 is 17.5 Å². The number of hydrogen-bond acceptors (Lipinski definition) is 2. The second-order valence-electron chi connectivity index (χ2n) is 4.36. The number of carbonyl (C=O) groups excluding carboxylic acids is 1. The van der Waals surface area contributed by atoms with E-state index in [2.05, 4.69) is 10.6 Å². The summed E-state index contributed by atoms with van der Waals surface area (Å²) in [5.41, 5.74) is -0.618. The molecule has 98 valence electrons. The Kier molecular flexibility index (Phi) is 4.25. The van der Waals surface area contributed by atoms with Crippen LogP contribution < -0.4 is 10.6 Å². The number of benzene rings is 1. The van der Waals surface area contributed by atoms with E-state index in [0.717, 1.165) is 5.56 Å². The van der Waals surface area contributed by atoms with E-state index in [4.69, 9.17) is 5.11 Å². The van der Waals surface area contributed by atoms with Gasteiger partial charge >= 0.3 is 12.0 Å². The molecule has 1 aromatic carbocycles. The van der Waals surface area contributed by atoms with Crippen LogP contribution >= 0.6 is 0 Å². The van der Waals surface area contributed by atoms with Gasteiger partial charge in [-0.2, -0.15) is 0 Å². The number of amides is 2. The molecule has 0 aliphatic rings. The number of halogens is 1. The first-order valence-corrected chi connectivity index (χ1v) is 5.35. The molecule has 0 aliphatic heterocycles. The monoisotopic (exact) mass is 254 g/mol. The minimum atomic E-state index is -1.34. The number of hydrogen-bond donors (Lipinski definition) is 3. The van der Waals surface area contributed by atoms with Crippen LogP contribution in [0.15, 0.2) is 24.3 Å². The molecular weight excluding hydrogens is 239 g/mol. The number of nitrogens with one attached hydrogen (secondary N) is 2. The van der Waals surface area contributed by atoms with Crippen LogP contribution in [-0.4, -0.2) is 22.6 Å². The molecular formula is C12H15FN2O3. The lowest BCUT2D eigenvalue weighted by atomic mass is 10.1. The summed E-state index contributed by atoms with van der Waals surface area (Å²) >= 11 is 0. The van der Waals surface area contributed by atoms with Crippen LogP contribution in [0.25, 0.3) is 0 Å². The van der Waals surface area contributed by atoms with Gasteiger partial charge in [0.25, 0.3) is 0 Å². The van der Waals surface area contributed by atoms with Gasteiger partial charge in [0.05, 0.1) is 0 Å². The molecule has 0 aliphatic carbocycles.